The molecular weight excluding hydrogens is 419 g/mol. The van der Waals surface area contributed by atoms with Crippen LogP contribution >= 0.6 is 0 Å². The van der Waals surface area contributed by atoms with Gasteiger partial charge in [0.25, 0.3) is 5.91 Å². The zero-order valence-electron chi connectivity index (χ0n) is 20.7. The molecule has 176 valence electrons. The van der Waals surface area contributed by atoms with E-state index in [2.05, 4.69) is 41.5 Å². The van der Waals surface area contributed by atoms with Crippen molar-refractivity contribution in [3.05, 3.63) is 70.8 Å². The molecule has 2 atom stereocenters. The van der Waals surface area contributed by atoms with Gasteiger partial charge in [-0.15, -0.1) is 0 Å². The molecule has 5 nitrogen and oxygen atoms in total. The van der Waals surface area contributed by atoms with Crippen molar-refractivity contribution in [3.63, 3.8) is 0 Å². The van der Waals surface area contributed by atoms with Crippen LogP contribution in [0.3, 0.4) is 0 Å². The molecule has 2 aliphatic heterocycles. The lowest BCUT2D eigenvalue weighted by Gasteiger charge is -2.62. The van der Waals surface area contributed by atoms with Crippen molar-refractivity contribution in [1.82, 2.24) is 9.80 Å². The van der Waals surface area contributed by atoms with Crippen molar-refractivity contribution in [3.8, 4) is 0 Å². The maximum Gasteiger partial charge on any atom is 0.326 e. The highest BCUT2D eigenvalue weighted by atomic mass is 19.2. The highest BCUT2D eigenvalue weighted by molar-refractivity contribution is 6.02. The van der Waals surface area contributed by atoms with Crippen molar-refractivity contribution in [2.45, 2.75) is 69.9 Å². The van der Waals surface area contributed by atoms with Crippen molar-refractivity contribution in [2.24, 2.45) is 0 Å². The number of nitrogens with zero attached hydrogens (tertiary/aromatic N) is 2. The molecule has 0 aliphatic carbocycles. The summed E-state index contributed by atoms with van der Waals surface area (Å²) in [6, 6.07) is 14.0. The average Bonchev–Trinajstić information content (AvgIpc) is 2.73. The highest BCUT2D eigenvalue weighted by Crippen LogP contribution is 2.58. The third kappa shape index (κ3) is 3.30. The summed E-state index contributed by atoms with van der Waals surface area (Å²) in [6.45, 7) is 12.7. The van der Waals surface area contributed by atoms with Crippen LogP contribution in [0.15, 0.2) is 48.5 Å². The van der Waals surface area contributed by atoms with Gasteiger partial charge in [-0.2, -0.15) is 4.39 Å². The predicted molar refractivity (Wildman–Crippen MR) is 126 cm³/mol. The number of urea groups is 1. The molecule has 2 saturated heterocycles. The molecule has 2 fully saturated rings. The van der Waals surface area contributed by atoms with Crippen molar-refractivity contribution in [1.29, 1.82) is 0 Å². The van der Waals surface area contributed by atoms with Gasteiger partial charge in [0, 0.05) is 14.1 Å². The largest absolute Gasteiger partial charge is 0.326 e. The van der Waals surface area contributed by atoms with E-state index in [0.717, 1.165) is 16.0 Å². The number of carbonyl (C=O) groups excluding carboxylic acids is 2. The van der Waals surface area contributed by atoms with Crippen LogP contribution in [-0.4, -0.2) is 47.7 Å². The number of ether oxygens (including phenoxy) is 1. The Morgan fingerprint density at radius 3 is 1.55 bits per heavy atom. The molecule has 4 rings (SSSR count). The first-order chi connectivity index (χ1) is 15.1. The Kier molecular flexibility index (Phi) is 5.06. The van der Waals surface area contributed by atoms with Crippen LogP contribution in [0.25, 0.3) is 0 Å². The van der Waals surface area contributed by atoms with E-state index in [9.17, 15) is 9.59 Å². The van der Waals surface area contributed by atoms with Gasteiger partial charge in [-0.05, 0) is 33.1 Å². The summed E-state index contributed by atoms with van der Waals surface area (Å²) >= 11 is 0. The Morgan fingerprint density at radius 1 is 0.788 bits per heavy atom. The van der Waals surface area contributed by atoms with E-state index < -0.39 is 29.4 Å². The molecule has 2 aromatic carbocycles. The summed E-state index contributed by atoms with van der Waals surface area (Å²) in [5.41, 5.74) is 2.24. The molecule has 0 aromatic heterocycles. The second-order valence-electron chi connectivity index (χ2n) is 11.3. The summed E-state index contributed by atoms with van der Waals surface area (Å²) in [6.07, 6.45) is 0. The number of hydrogen-bond acceptors (Lipinski definition) is 3. The number of benzene rings is 2. The molecule has 0 bridgehead atoms. The molecular formula is C27H33FN2O3. The van der Waals surface area contributed by atoms with E-state index in [1.807, 2.05) is 48.5 Å². The minimum Gasteiger partial charge on any atom is -0.318 e. The molecule has 0 saturated carbocycles. The highest BCUT2D eigenvalue weighted by Gasteiger charge is 2.77. The average molecular weight is 453 g/mol. The van der Waals surface area contributed by atoms with E-state index in [1.165, 1.54) is 19.0 Å². The third-order valence-electron chi connectivity index (χ3n) is 6.98. The fourth-order valence-corrected chi connectivity index (χ4v) is 4.93. The summed E-state index contributed by atoms with van der Waals surface area (Å²) in [7, 11) is 2.80. The maximum atomic E-state index is 16.0. The first-order valence-corrected chi connectivity index (χ1v) is 11.3. The Labute approximate surface area is 195 Å². The Bertz CT molecular complexity index is 1040. The summed E-state index contributed by atoms with van der Waals surface area (Å²) < 4.78 is 22.0. The molecule has 0 N–H and O–H groups in total. The molecule has 0 radical (unpaired) electrons. The lowest BCUT2D eigenvalue weighted by Crippen LogP contribution is -2.83. The van der Waals surface area contributed by atoms with Gasteiger partial charge in [-0.3, -0.25) is 9.69 Å². The molecule has 2 aliphatic rings. The Balaban J connectivity index is 1.90. The monoisotopic (exact) mass is 452 g/mol. The van der Waals surface area contributed by atoms with Crippen molar-refractivity contribution >= 4 is 11.9 Å². The van der Waals surface area contributed by atoms with Gasteiger partial charge < -0.3 is 9.64 Å². The van der Waals surface area contributed by atoms with Crippen molar-refractivity contribution < 1.29 is 18.7 Å². The van der Waals surface area contributed by atoms with Gasteiger partial charge >= 0.3 is 11.9 Å². The fraction of sp³-hybridized carbons (Fsp3) is 0.481. The lowest BCUT2D eigenvalue weighted by atomic mass is 9.69. The van der Waals surface area contributed by atoms with Crippen LogP contribution in [0.4, 0.5) is 9.18 Å². The number of hydrogen-bond donors (Lipinski definition) is 0. The second kappa shape index (κ2) is 7.13. The van der Waals surface area contributed by atoms with Crippen LogP contribution < -0.4 is 0 Å². The van der Waals surface area contributed by atoms with Gasteiger partial charge in [0.1, 0.15) is 11.6 Å². The maximum absolute atomic E-state index is 16.0. The van der Waals surface area contributed by atoms with E-state index >= 15 is 4.39 Å². The molecule has 2 heterocycles. The SMILES string of the molecule is CN1C(=O)N(C)C2C(F)(OC2(c2ccc(C(C)(C)C)cc2)c2ccc(C(C)(C)C)cc2)C1=O. The number of alkyl halides is 1. The zero-order chi connectivity index (χ0) is 24.6. The van der Waals surface area contributed by atoms with Crippen LogP contribution in [0.2, 0.25) is 0 Å². The number of fused-ring (bicyclic) bond motifs is 1. The molecule has 0 spiro atoms. The number of likely N-dealkylation sites (N-methyl/N-ethyl adjacent to an activating group) is 2. The quantitative estimate of drug-likeness (QED) is 0.636. The summed E-state index contributed by atoms with van der Waals surface area (Å²) in [4.78, 5) is 27.6. The first-order valence-electron chi connectivity index (χ1n) is 11.3. The standard InChI is InChI=1S/C27H33FN2O3/c1-24(2,3)17-9-13-19(14-10-17)26(20-15-11-18(12-16-20)25(4,5)6)21-27(28,33-26)22(31)30(8)23(32)29(21)7/h9-16,21H,1-8H3. The van der Waals surface area contributed by atoms with Crippen molar-refractivity contribution in [2.75, 3.05) is 14.1 Å². The van der Waals surface area contributed by atoms with Crippen LogP contribution in [0.1, 0.15) is 63.8 Å². The molecule has 6 heteroatoms. The number of amides is 3. The van der Waals surface area contributed by atoms with Crippen LogP contribution in [-0.2, 0) is 26.0 Å². The van der Waals surface area contributed by atoms with E-state index in [-0.39, 0.29) is 10.8 Å². The third-order valence-corrected chi connectivity index (χ3v) is 6.98. The van der Waals surface area contributed by atoms with E-state index in [1.54, 1.807) is 0 Å². The normalized spacial score (nSPS) is 25.1. The van der Waals surface area contributed by atoms with Crippen LogP contribution in [0.5, 0.6) is 0 Å². The van der Waals surface area contributed by atoms with Gasteiger partial charge in [-0.25, -0.2) is 4.79 Å². The van der Waals surface area contributed by atoms with Gasteiger partial charge in [0.15, 0.2) is 0 Å². The number of imide groups is 1. The fourth-order valence-electron chi connectivity index (χ4n) is 4.93. The molecule has 33 heavy (non-hydrogen) atoms. The lowest BCUT2D eigenvalue weighted by molar-refractivity contribution is -0.352. The Morgan fingerprint density at radius 2 is 1.18 bits per heavy atom. The smallest absolute Gasteiger partial charge is 0.318 e. The number of halogens is 1. The number of rotatable bonds is 2. The number of carbonyl (C=O) groups is 2. The van der Waals surface area contributed by atoms with E-state index in [0.29, 0.717) is 11.1 Å². The molecule has 2 unspecified atom stereocenters. The van der Waals surface area contributed by atoms with Gasteiger partial charge in [0.2, 0.25) is 0 Å². The van der Waals surface area contributed by atoms with Gasteiger partial charge in [0.05, 0.1) is 0 Å². The minimum atomic E-state index is -2.61. The predicted octanol–water partition coefficient (Wildman–Crippen LogP) is 5.11. The summed E-state index contributed by atoms with van der Waals surface area (Å²) in [5, 5.41) is 0. The van der Waals surface area contributed by atoms with E-state index in [4.69, 9.17) is 4.74 Å². The topological polar surface area (TPSA) is 49.9 Å². The summed E-state index contributed by atoms with van der Waals surface area (Å²) in [5.74, 6) is -3.58. The Hall–Kier alpha value is -2.73. The van der Waals surface area contributed by atoms with Gasteiger partial charge in [-0.1, -0.05) is 90.1 Å². The van der Waals surface area contributed by atoms with Crippen LogP contribution in [0, 0.1) is 0 Å². The first kappa shape index (κ1) is 23.4. The second-order valence-corrected chi connectivity index (χ2v) is 11.3. The molecule has 2 aromatic rings. The zero-order valence-corrected chi connectivity index (χ0v) is 20.7. The minimum absolute atomic E-state index is 0.0549. The molecule has 3 amide bonds.